The standard InChI is InChI=1S/C8H10N2O2S/c1-10(5-7(9)11)8(12)6-3-2-4-13-6/h2-4H,5H2,1H3,(H2,9,11). The first-order valence-electron chi connectivity index (χ1n) is 3.68. The van der Waals surface area contributed by atoms with Crippen molar-refractivity contribution in [2.75, 3.05) is 13.6 Å². The first kappa shape index (κ1) is 9.73. The van der Waals surface area contributed by atoms with Gasteiger partial charge in [0.1, 0.15) is 0 Å². The number of hydrogen-bond donors (Lipinski definition) is 1. The summed E-state index contributed by atoms with van der Waals surface area (Å²) in [6.07, 6.45) is 0. The SMILES string of the molecule is CN(CC(N)=O)C(=O)c1cccs1. The normalized spacial score (nSPS) is 9.62. The number of primary amides is 1. The zero-order valence-corrected chi connectivity index (χ0v) is 8.00. The largest absolute Gasteiger partial charge is 0.368 e. The summed E-state index contributed by atoms with van der Waals surface area (Å²) in [4.78, 5) is 23.9. The lowest BCUT2D eigenvalue weighted by Gasteiger charge is -2.13. The summed E-state index contributed by atoms with van der Waals surface area (Å²) in [5, 5.41) is 1.81. The predicted molar refractivity (Wildman–Crippen MR) is 50.5 cm³/mol. The van der Waals surface area contributed by atoms with Crippen molar-refractivity contribution in [1.29, 1.82) is 0 Å². The van der Waals surface area contributed by atoms with Crippen LogP contribution in [0.15, 0.2) is 17.5 Å². The lowest BCUT2D eigenvalue weighted by molar-refractivity contribution is -0.118. The van der Waals surface area contributed by atoms with E-state index in [2.05, 4.69) is 0 Å². The number of likely N-dealkylation sites (N-methyl/N-ethyl adjacent to an activating group) is 1. The van der Waals surface area contributed by atoms with Gasteiger partial charge in [-0.15, -0.1) is 11.3 Å². The van der Waals surface area contributed by atoms with Gasteiger partial charge in [-0.25, -0.2) is 0 Å². The molecule has 0 aliphatic carbocycles. The zero-order valence-electron chi connectivity index (χ0n) is 7.19. The lowest BCUT2D eigenvalue weighted by atomic mass is 10.4. The molecule has 5 heteroatoms. The molecule has 1 aromatic rings. The van der Waals surface area contributed by atoms with E-state index in [4.69, 9.17) is 5.73 Å². The second kappa shape index (κ2) is 4.04. The van der Waals surface area contributed by atoms with Gasteiger partial charge in [-0.3, -0.25) is 9.59 Å². The number of carbonyl (C=O) groups excluding carboxylic acids is 2. The molecule has 0 bridgehead atoms. The third kappa shape index (κ3) is 2.55. The highest BCUT2D eigenvalue weighted by Gasteiger charge is 2.13. The van der Waals surface area contributed by atoms with Crippen LogP contribution in [0.5, 0.6) is 0 Å². The molecule has 1 aromatic heterocycles. The molecule has 0 fully saturated rings. The van der Waals surface area contributed by atoms with Gasteiger partial charge in [0.15, 0.2) is 0 Å². The second-order valence-electron chi connectivity index (χ2n) is 2.60. The Morgan fingerprint density at radius 3 is 2.77 bits per heavy atom. The molecule has 0 saturated heterocycles. The van der Waals surface area contributed by atoms with E-state index < -0.39 is 5.91 Å². The Balaban J connectivity index is 2.63. The fraction of sp³-hybridized carbons (Fsp3) is 0.250. The van der Waals surface area contributed by atoms with Crippen molar-refractivity contribution in [1.82, 2.24) is 4.90 Å². The van der Waals surface area contributed by atoms with Crippen LogP contribution >= 0.6 is 11.3 Å². The van der Waals surface area contributed by atoms with Gasteiger partial charge in [0.25, 0.3) is 5.91 Å². The minimum atomic E-state index is -0.507. The molecule has 0 spiro atoms. The van der Waals surface area contributed by atoms with Gasteiger partial charge >= 0.3 is 0 Å². The van der Waals surface area contributed by atoms with Gasteiger partial charge in [0.05, 0.1) is 11.4 Å². The van der Waals surface area contributed by atoms with E-state index in [0.29, 0.717) is 4.88 Å². The third-order valence-corrected chi connectivity index (χ3v) is 2.33. The van der Waals surface area contributed by atoms with Crippen molar-refractivity contribution < 1.29 is 9.59 Å². The van der Waals surface area contributed by atoms with Crippen LogP contribution in [0.2, 0.25) is 0 Å². The Bertz CT molecular complexity index is 308. The molecule has 2 N–H and O–H groups in total. The van der Waals surface area contributed by atoms with E-state index in [-0.39, 0.29) is 12.5 Å². The van der Waals surface area contributed by atoms with Crippen LogP contribution < -0.4 is 5.73 Å². The number of hydrogen-bond acceptors (Lipinski definition) is 3. The lowest BCUT2D eigenvalue weighted by Crippen LogP contribution is -2.34. The molecular formula is C8H10N2O2S. The Morgan fingerprint density at radius 2 is 2.31 bits per heavy atom. The van der Waals surface area contributed by atoms with Crippen molar-refractivity contribution >= 4 is 23.2 Å². The van der Waals surface area contributed by atoms with Crippen LogP contribution in [0.4, 0.5) is 0 Å². The van der Waals surface area contributed by atoms with E-state index in [1.54, 1.807) is 19.2 Å². The molecule has 1 heterocycles. The second-order valence-corrected chi connectivity index (χ2v) is 3.55. The molecule has 2 amide bonds. The molecule has 0 saturated carbocycles. The quantitative estimate of drug-likeness (QED) is 0.759. The fourth-order valence-electron chi connectivity index (χ4n) is 0.894. The smallest absolute Gasteiger partial charge is 0.264 e. The number of amides is 2. The maximum absolute atomic E-state index is 11.5. The number of rotatable bonds is 3. The highest BCUT2D eigenvalue weighted by Crippen LogP contribution is 2.10. The van der Waals surface area contributed by atoms with Gasteiger partial charge in [-0.05, 0) is 11.4 Å². The zero-order chi connectivity index (χ0) is 9.84. The summed E-state index contributed by atoms with van der Waals surface area (Å²) < 4.78 is 0. The average molecular weight is 198 g/mol. The molecule has 1 rings (SSSR count). The predicted octanol–water partition coefficient (Wildman–Crippen LogP) is 0.305. The molecule has 0 aromatic carbocycles. The van der Waals surface area contributed by atoms with Crippen molar-refractivity contribution in [2.24, 2.45) is 5.73 Å². The minimum absolute atomic E-state index is 0.0449. The van der Waals surface area contributed by atoms with Crippen molar-refractivity contribution in [3.8, 4) is 0 Å². The summed E-state index contributed by atoms with van der Waals surface area (Å²) in [7, 11) is 1.55. The first-order valence-corrected chi connectivity index (χ1v) is 4.56. The van der Waals surface area contributed by atoms with E-state index in [1.807, 2.05) is 5.38 Å². The molecule has 0 radical (unpaired) electrons. The minimum Gasteiger partial charge on any atom is -0.368 e. The number of nitrogens with two attached hydrogens (primary N) is 1. The number of carbonyl (C=O) groups is 2. The third-order valence-electron chi connectivity index (χ3n) is 1.47. The highest BCUT2D eigenvalue weighted by molar-refractivity contribution is 7.12. The Morgan fingerprint density at radius 1 is 1.62 bits per heavy atom. The maximum atomic E-state index is 11.5. The van der Waals surface area contributed by atoms with Crippen molar-refractivity contribution in [3.63, 3.8) is 0 Å². The Labute approximate surface area is 80.0 Å². The molecule has 0 atom stereocenters. The first-order chi connectivity index (χ1) is 6.11. The maximum Gasteiger partial charge on any atom is 0.264 e. The highest BCUT2D eigenvalue weighted by atomic mass is 32.1. The summed E-state index contributed by atoms with van der Waals surface area (Å²) in [6, 6.07) is 3.50. The number of nitrogens with zero attached hydrogens (tertiary/aromatic N) is 1. The van der Waals surface area contributed by atoms with Crippen LogP contribution in [0.25, 0.3) is 0 Å². The summed E-state index contributed by atoms with van der Waals surface area (Å²) in [5.74, 6) is -0.679. The van der Waals surface area contributed by atoms with Crippen LogP contribution in [0.3, 0.4) is 0 Å². The van der Waals surface area contributed by atoms with Crippen LogP contribution in [-0.2, 0) is 4.79 Å². The topological polar surface area (TPSA) is 63.4 Å². The molecule has 0 aliphatic heterocycles. The number of thiophene rings is 1. The van der Waals surface area contributed by atoms with Gasteiger partial charge < -0.3 is 10.6 Å². The van der Waals surface area contributed by atoms with Gasteiger partial charge in [0.2, 0.25) is 5.91 Å². The Hall–Kier alpha value is -1.36. The summed E-state index contributed by atoms with van der Waals surface area (Å²) in [5.41, 5.74) is 4.96. The molecule has 0 unspecified atom stereocenters. The van der Waals surface area contributed by atoms with Gasteiger partial charge in [-0.1, -0.05) is 6.07 Å². The molecule has 0 aliphatic rings. The Kier molecular flexibility index (Phi) is 3.02. The molecule has 13 heavy (non-hydrogen) atoms. The van der Waals surface area contributed by atoms with Gasteiger partial charge in [-0.2, -0.15) is 0 Å². The van der Waals surface area contributed by atoms with Crippen molar-refractivity contribution in [3.05, 3.63) is 22.4 Å². The van der Waals surface area contributed by atoms with E-state index >= 15 is 0 Å². The average Bonchev–Trinajstić information content (AvgIpc) is 2.53. The monoisotopic (exact) mass is 198 g/mol. The molecule has 70 valence electrons. The molecular weight excluding hydrogens is 188 g/mol. The fourth-order valence-corrected chi connectivity index (χ4v) is 1.61. The van der Waals surface area contributed by atoms with Gasteiger partial charge in [0, 0.05) is 7.05 Å². The van der Waals surface area contributed by atoms with Crippen LogP contribution in [0.1, 0.15) is 9.67 Å². The van der Waals surface area contributed by atoms with Crippen LogP contribution in [0, 0.1) is 0 Å². The van der Waals surface area contributed by atoms with E-state index in [1.165, 1.54) is 16.2 Å². The van der Waals surface area contributed by atoms with Crippen molar-refractivity contribution in [2.45, 2.75) is 0 Å². The van der Waals surface area contributed by atoms with E-state index in [9.17, 15) is 9.59 Å². The summed E-state index contributed by atoms with van der Waals surface area (Å²) >= 11 is 1.34. The summed E-state index contributed by atoms with van der Waals surface area (Å²) in [6.45, 7) is -0.0449. The van der Waals surface area contributed by atoms with E-state index in [0.717, 1.165) is 0 Å². The molecule has 4 nitrogen and oxygen atoms in total. The van der Waals surface area contributed by atoms with Crippen LogP contribution in [-0.4, -0.2) is 30.3 Å².